The topological polar surface area (TPSA) is 86.6 Å². The summed E-state index contributed by atoms with van der Waals surface area (Å²) in [4.78, 5) is 18.7. The average molecular weight is 488 g/mol. The van der Waals surface area contributed by atoms with Crippen LogP contribution in [0.5, 0.6) is 0 Å². The minimum atomic E-state index is 0.524. The fourth-order valence-corrected chi connectivity index (χ4v) is 4.07. The molecule has 7 nitrogen and oxygen atoms in total. The lowest BCUT2D eigenvalue weighted by molar-refractivity contribution is 1.07. The number of nitrogens with zero attached hydrogens (tertiary/aromatic N) is 4. The van der Waals surface area contributed by atoms with Crippen LogP contribution in [0.1, 0.15) is 38.8 Å². The van der Waals surface area contributed by atoms with E-state index in [2.05, 4.69) is 67.4 Å². The fraction of sp³-hybridized carbons (Fsp3) is 0.259. The van der Waals surface area contributed by atoms with Crippen molar-refractivity contribution in [1.82, 2.24) is 14.7 Å². The summed E-state index contributed by atoms with van der Waals surface area (Å²) in [7, 11) is 1.77. The highest BCUT2D eigenvalue weighted by atomic mass is 32.2. The summed E-state index contributed by atoms with van der Waals surface area (Å²) in [6, 6.07) is 16.1. The summed E-state index contributed by atoms with van der Waals surface area (Å²) >= 11 is 1.59. The lowest BCUT2D eigenvalue weighted by atomic mass is 10.1. The summed E-state index contributed by atoms with van der Waals surface area (Å²) in [6.07, 6.45) is 3.59. The molecule has 1 aromatic heterocycles. The Labute approximate surface area is 212 Å². The highest BCUT2D eigenvalue weighted by Gasteiger charge is 2.12. The minimum absolute atomic E-state index is 0.524. The van der Waals surface area contributed by atoms with E-state index in [1.807, 2.05) is 57.3 Å². The number of aryl methyl sites for hydroxylation is 1. The van der Waals surface area contributed by atoms with Crippen molar-refractivity contribution >= 4 is 47.0 Å². The minimum Gasteiger partial charge on any atom is -0.340 e. The molecule has 3 aromatic rings. The van der Waals surface area contributed by atoms with Gasteiger partial charge in [-0.25, -0.2) is 4.98 Å². The van der Waals surface area contributed by atoms with E-state index in [-0.39, 0.29) is 0 Å². The maximum absolute atomic E-state index is 4.61. The highest BCUT2D eigenvalue weighted by molar-refractivity contribution is 7.97. The molecule has 0 spiro atoms. The molecule has 0 bridgehead atoms. The number of hydrogen-bond acceptors (Lipinski definition) is 8. The van der Waals surface area contributed by atoms with Gasteiger partial charge in [0, 0.05) is 52.7 Å². The van der Waals surface area contributed by atoms with Crippen LogP contribution >= 0.6 is 11.9 Å². The summed E-state index contributed by atoms with van der Waals surface area (Å²) < 4.78 is 3.41. The SMILES string of the molecule is CC.CN=Cc1c(C)cccc1Nc1ccnc(Nc2ccc(SNC3=C(C)C(C)=NC3)cc2)n1. The Balaban J connectivity index is 0.00000167. The monoisotopic (exact) mass is 487 g/mol. The van der Waals surface area contributed by atoms with Crippen LogP contribution in [-0.4, -0.2) is 35.5 Å². The fourth-order valence-electron chi connectivity index (χ4n) is 3.33. The number of nitrogens with one attached hydrogen (secondary N) is 3. The third-order valence-corrected chi connectivity index (χ3v) is 6.23. The van der Waals surface area contributed by atoms with Crippen LogP contribution in [0.4, 0.5) is 23.1 Å². The standard InChI is InChI=1S/C25H27N7S.C2H6/c1-16-6-5-7-22(21(16)14-26-4)30-24-12-13-27-25(31-24)29-19-8-10-20(11-9-19)33-32-23-15-28-18(3)17(23)2;1-2/h5-14,32H,15H2,1-4H3,(H2,27,29,30,31);1-2H3. The average Bonchev–Trinajstić information content (AvgIpc) is 3.19. The first kappa shape index (κ1) is 26.0. The normalized spacial score (nSPS) is 12.8. The van der Waals surface area contributed by atoms with Crippen LogP contribution in [0.2, 0.25) is 0 Å². The molecule has 0 unspecified atom stereocenters. The Morgan fingerprint density at radius 1 is 0.971 bits per heavy atom. The molecule has 1 aliphatic heterocycles. The van der Waals surface area contributed by atoms with E-state index in [9.17, 15) is 0 Å². The Morgan fingerprint density at radius 2 is 1.74 bits per heavy atom. The van der Waals surface area contributed by atoms with Crippen molar-refractivity contribution in [2.24, 2.45) is 9.98 Å². The Bertz CT molecular complexity index is 1230. The van der Waals surface area contributed by atoms with Crippen molar-refractivity contribution in [1.29, 1.82) is 0 Å². The second kappa shape index (κ2) is 12.7. The zero-order valence-corrected chi connectivity index (χ0v) is 22.0. The zero-order valence-electron chi connectivity index (χ0n) is 21.2. The van der Waals surface area contributed by atoms with E-state index in [4.69, 9.17) is 0 Å². The molecule has 3 N–H and O–H groups in total. The van der Waals surface area contributed by atoms with E-state index >= 15 is 0 Å². The van der Waals surface area contributed by atoms with Gasteiger partial charge < -0.3 is 15.4 Å². The molecule has 0 atom stereocenters. The number of aromatic nitrogens is 2. The third-order valence-electron chi connectivity index (χ3n) is 5.37. The van der Waals surface area contributed by atoms with Gasteiger partial charge in [-0.15, -0.1) is 0 Å². The first-order valence-electron chi connectivity index (χ1n) is 11.7. The van der Waals surface area contributed by atoms with Crippen LogP contribution in [0.25, 0.3) is 0 Å². The van der Waals surface area contributed by atoms with Gasteiger partial charge in [0.2, 0.25) is 5.95 Å². The maximum Gasteiger partial charge on any atom is 0.229 e. The quantitative estimate of drug-likeness (QED) is 0.242. The van der Waals surface area contributed by atoms with E-state index in [0.29, 0.717) is 11.8 Å². The predicted molar refractivity (Wildman–Crippen MR) is 151 cm³/mol. The van der Waals surface area contributed by atoms with Gasteiger partial charge >= 0.3 is 0 Å². The van der Waals surface area contributed by atoms with Gasteiger partial charge in [-0.3, -0.25) is 9.98 Å². The molecular formula is C27H33N7S. The predicted octanol–water partition coefficient (Wildman–Crippen LogP) is 6.69. The molecule has 0 amide bonds. The van der Waals surface area contributed by atoms with Crippen LogP contribution in [0.15, 0.2) is 80.9 Å². The summed E-state index contributed by atoms with van der Waals surface area (Å²) in [5.74, 6) is 1.23. The number of benzene rings is 2. The van der Waals surface area contributed by atoms with Gasteiger partial charge in [-0.2, -0.15) is 4.98 Å². The largest absolute Gasteiger partial charge is 0.340 e. The first-order chi connectivity index (χ1) is 17.0. The Hall–Kier alpha value is -3.65. The molecule has 0 fully saturated rings. The molecule has 1 aliphatic rings. The van der Waals surface area contributed by atoms with Crippen LogP contribution in [0, 0.1) is 6.92 Å². The molecule has 0 saturated carbocycles. The van der Waals surface area contributed by atoms with Crippen LogP contribution in [0.3, 0.4) is 0 Å². The number of anilines is 4. The summed E-state index contributed by atoms with van der Waals surface area (Å²) in [5, 5.41) is 6.65. The number of hydrogen-bond donors (Lipinski definition) is 3. The van der Waals surface area contributed by atoms with Crippen LogP contribution < -0.4 is 15.4 Å². The van der Waals surface area contributed by atoms with E-state index in [1.165, 1.54) is 11.3 Å². The maximum atomic E-state index is 4.61. The van der Waals surface area contributed by atoms with E-state index < -0.39 is 0 Å². The lowest BCUT2D eigenvalue weighted by Crippen LogP contribution is -2.06. The van der Waals surface area contributed by atoms with Crippen molar-refractivity contribution < 1.29 is 0 Å². The summed E-state index contributed by atoms with van der Waals surface area (Å²) in [6.45, 7) is 10.9. The second-order valence-corrected chi connectivity index (χ2v) is 8.55. The lowest BCUT2D eigenvalue weighted by Gasteiger charge is -2.12. The molecule has 2 heterocycles. The van der Waals surface area contributed by atoms with Gasteiger partial charge in [0.05, 0.1) is 6.54 Å². The molecule has 8 heteroatoms. The first-order valence-corrected chi connectivity index (χ1v) is 12.5. The number of rotatable bonds is 8. The van der Waals surface area contributed by atoms with Gasteiger partial charge in [-0.05, 0) is 80.3 Å². The molecular weight excluding hydrogens is 454 g/mol. The Morgan fingerprint density at radius 3 is 2.43 bits per heavy atom. The highest BCUT2D eigenvalue weighted by Crippen LogP contribution is 2.24. The van der Waals surface area contributed by atoms with Crippen molar-refractivity contribution in [2.45, 2.75) is 39.5 Å². The Kier molecular flexibility index (Phi) is 9.43. The van der Waals surface area contributed by atoms with Crippen molar-refractivity contribution in [3.63, 3.8) is 0 Å². The van der Waals surface area contributed by atoms with Gasteiger partial charge in [0.25, 0.3) is 0 Å². The van der Waals surface area contributed by atoms with Gasteiger partial charge in [0.15, 0.2) is 0 Å². The molecule has 35 heavy (non-hydrogen) atoms. The molecule has 2 aromatic carbocycles. The zero-order chi connectivity index (χ0) is 25.2. The van der Waals surface area contributed by atoms with Gasteiger partial charge in [-0.1, -0.05) is 26.0 Å². The molecule has 182 valence electrons. The van der Waals surface area contributed by atoms with E-state index in [1.54, 1.807) is 25.2 Å². The van der Waals surface area contributed by atoms with Gasteiger partial charge in [0.1, 0.15) is 5.82 Å². The second-order valence-electron chi connectivity index (χ2n) is 7.67. The molecule has 4 rings (SSSR count). The van der Waals surface area contributed by atoms with Crippen molar-refractivity contribution in [3.8, 4) is 0 Å². The molecule has 0 saturated heterocycles. The third kappa shape index (κ3) is 6.93. The van der Waals surface area contributed by atoms with E-state index in [0.717, 1.165) is 39.7 Å². The molecule has 0 radical (unpaired) electrons. The number of aliphatic imine (C=N–C) groups is 2. The smallest absolute Gasteiger partial charge is 0.229 e. The summed E-state index contributed by atoms with van der Waals surface area (Å²) in [5.41, 5.74) is 7.55. The number of allylic oxidation sites excluding steroid dienone is 1. The van der Waals surface area contributed by atoms with Crippen LogP contribution in [-0.2, 0) is 0 Å². The molecule has 0 aliphatic carbocycles. The van der Waals surface area contributed by atoms with Crippen molar-refractivity contribution in [3.05, 3.63) is 77.1 Å². The van der Waals surface area contributed by atoms with Crippen molar-refractivity contribution in [2.75, 3.05) is 24.2 Å².